The predicted octanol–water partition coefficient (Wildman–Crippen LogP) is 1.60. The molecule has 0 spiro atoms. The second-order valence-corrected chi connectivity index (χ2v) is 6.42. The van der Waals surface area contributed by atoms with Crippen LogP contribution in [0.1, 0.15) is 27.4 Å². The highest BCUT2D eigenvalue weighted by atomic mass is 16.5. The SMILES string of the molecule is Cc1ccc(COc2ccc3oc(C)c(C(=O)NC(CO)C(N)=O)c3c2)nc1. The van der Waals surface area contributed by atoms with Gasteiger partial charge < -0.3 is 25.3 Å². The standard InChI is InChI=1S/C20H21N3O5/c1-11-3-4-13(22-8-11)10-27-14-5-6-17-15(7-14)18(12(2)28-17)20(26)23-16(9-24)19(21)25/h3-8,16,24H,9-10H2,1-2H3,(H2,21,25)(H,23,26). The molecule has 0 radical (unpaired) electrons. The first-order chi connectivity index (χ1) is 13.4. The number of hydrogen-bond acceptors (Lipinski definition) is 6. The third kappa shape index (κ3) is 4.12. The molecule has 0 fully saturated rings. The molecule has 8 nitrogen and oxygen atoms in total. The molecule has 2 amide bonds. The molecule has 0 aliphatic carbocycles. The first-order valence-electron chi connectivity index (χ1n) is 8.67. The normalized spacial score (nSPS) is 12.0. The van der Waals surface area contributed by atoms with E-state index in [0.29, 0.717) is 22.5 Å². The smallest absolute Gasteiger partial charge is 0.256 e. The molecule has 0 bridgehead atoms. The summed E-state index contributed by atoms with van der Waals surface area (Å²) in [4.78, 5) is 28.2. The minimum absolute atomic E-state index is 0.258. The zero-order valence-electron chi connectivity index (χ0n) is 15.6. The van der Waals surface area contributed by atoms with Crippen molar-refractivity contribution in [2.75, 3.05) is 6.61 Å². The zero-order chi connectivity index (χ0) is 20.3. The van der Waals surface area contributed by atoms with Gasteiger partial charge >= 0.3 is 0 Å². The Kier molecular flexibility index (Phi) is 5.60. The van der Waals surface area contributed by atoms with Gasteiger partial charge in [0.05, 0.1) is 17.9 Å². The number of hydrogen-bond donors (Lipinski definition) is 3. The van der Waals surface area contributed by atoms with Gasteiger partial charge in [0.15, 0.2) is 0 Å². The number of carbonyl (C=O) groups excluding carboxylic acids is 2. The molecule has 0 aliphatic heterocycles. The summed E-state index contributed by atoms with van der Waals surface area (Å²) in [5, 5.41) is 12.1. The summed E-state index contributed by atoms with van der Waals surface area (Å²) in [6, 6.07) is 7.78. The van der Waals surface area contributed by atoms with Gasteiger partial charge in [0, 0.05) is 11.6 Å². The summed E-state index contributed by atoms with van der Waals surface area (Å²) in [5.74, 6) is -0.466. The molecule has 0 saturated carbocycles. The molecule has 4 N–H and O–H groups in total. The lowest BCUT2D eigenvalue weighted by molar-refractivity contribution is -0.120. The number of benzene rings is 1. The molecule has 2 heterocycles. The lowest BCUT2D eigenvalue weighted by atomic mass is 10.1. The number of ether oxygens (including phenoxy) is 1. The van der Waals surface area contributed by atoms with Crippen LogP contribution in [0.4, 0.5) is 0 Å². The van der Waals surface area contributed by atoms with Crippen molar-refractivity contribution in [1.82, 2.24) is 10.3 Å². The zero-order valence-corrected chi connectivity index (χ0v) is 15.6. The molecular weight excluding hydrogens is 362 g/mol. The number of aliphatic hydroxyl groups is 1. The quantitative estimate of drug-likeness (QED) is 0.569. The maximum atomic E-state index is 12.6. The van der Waals surface area contributed by atoms with Crippen molar-refractivity contribution in [1.29, 1.82) is 0 Å². The van der Waals surface area contributed by atoms with Gasteiger partial charge in [-0.15, -0.1) is 0 Å². The Morgan fingerprint density at radius 1 is 1.29 bits per heavy atom. The van der Waals surface area contributed by atoms with Gasteiger partial charge in [-0.2, -0.15) is 0 Å². The first kappa shape index (κ1) is 19.4. The number of aliphatic hydroxyl groups excluding tert-OH is 1. The maximum absolute atomic E-state index is 12.6. The van der Waals surface area contributed by atoms with Gasteiger partial charge in [-0.1, -0.05) is 6.07 Å². The van der Waals surface area contributed by atoms with E-state index < -0.39 is 24.5 Å². The molecular formula is C20H21N3O5. The van der Waals surface area contributed by atoms with Crippen molar-refractivity contribution < 1.29 is 23.8 Å². The van der Waals surface area contributed by atoms with Crippen LogP contribution in [0.25, 0.3) is 11.0 Å². The fourth-order valence-corrected chi connectivity index (χ4v) is 2.75. The number of nitrogens with zero attached hydrogens (tertiary/aromatic N) is 1. The van der Waals surface area contributed by atoms with Gasteiger partial charge in [-0.05, 0) is 43.7 Å². The molecule has 8 heteroatoms. The summed E-state index contributed by atoms with van der Waals surface area (Å²) in [7, 11) is 0. The number of primary amides is 1. The highest BCUT2D eigenvalue weighted by Gasteiger charge is 2.23. The van der Waals surface area contributed by atoms with Crippen LogP contribution in [0, 0.1) is 13.8 Å². The van der Waals surface area contributed by atoms with Gasteiger partial charge in [0.25, 0.3) is 5.91 Å². The highest BCUT2D eigenvalue weighted by molar-refractivity contribution is 6.08. The number of carbonyl (C=O) groups is 2. The van der Waals surface area contributed by atoms with Gasteiger partial charge in [-0.3, -0.25) is 14.6 Å². The highest BCUT2D eigenvalue weighted by Crippen LogP contribution is 2.29. The van der Waals surface area contributed by atoms with Gasteiger partial charge in [0.2, 0.25) is 5.91 Å². The molecule has 0 saturated heterocycles. The Bertz CT molecular complexity index is 1010. The molecule has 1 unspecified atom stereocenters. The van der Waals surface area contributed by atoms with Crippen LogP contribution in [-0.4, -0.2) is 34.6 Å². The van der Waals surface area contributed by atoms with Crippen molar-refractivity contribution in [3.05, 3.63) is 59.1 Å². The van der Waals surface area contributed by atoms with E-state index in [-0.39, 0.29) is 12.2 Å². The third-order valence-electron chi connectivity index (χ3n) is 4.25. The van der Waals surface area contributed by atoms with Crippen LogP contribution in [0.3, 0.4) is 0 Å². The minimum atomic E-state index is -1.18. The van der Waals surface area contributed by atoms with Gasteiger partial charge in [0.1, 0.15) is 29.7 Å². The summed E-state index contributed by atoms with van der Waals surface area (Å²) < 4.78 is 11.4. The predicted molar refractivity (Wildman–Crippen MR) is 102 cm³/mol. The number of nitrogens with one attached hydrogen (secondary N) is 1. The first-order valence-corrected chi connectivity index (χ1v) is 8.67. The van der Waals surface area contributed by atoms with Crippen LogP contribution in [-0.2, 0) is 11.4 Å². The molecule has 3 aromatic rings. The molecule has 1 aromatic carbocycles. The van der Waals surface area contributed by atoms with E-state index in [9.17, 15) is 14.7 Å². The molecule has 146 valence electrons. The molecule has 2 aromatic heterocycles. The van der Waals surface area contributed by atoms with Crippen molar-refractivity contribution in [2.45, 2.75) is 26.5 Å². The summed E-state index contributed by atoms with van der Waals surface area (Å²) in [6.07, 6.45) is 1.76. The number of nitrogens with two attached hydrogens (primary N) is 1. The number of aryl methyl sites for hydroxylation is 2. The second-order valence-electron chi connectivity index (χ2n) is 6.42. The molecule has 28 heavy (non-hydrogen) atoms. The average Bonchev–Trinajstić information content (AvgIpc) is 3.00. The number of fused-ring (bicyclic) bond motifs is 1. The lowest BCUT2D eigenvalue weighted by Crippen LogP contribution is -2.46. The van der Waals surface area contributed by atoms with Crippen molar-refractivity contribution in [3.8, 4) is 5.75 Å². The van der Waals surface area contributed by atoms with E-state index in [1.54, 1.807) is 31.3 Å². The van der Waals surface area contributed by atoms with E-state index in [1.165, 1.54) is 0 Å². The van der Waals surface area contributed by atoms with Crippen LogP contribution < -0.4 is 15.8 Å². The van der Waals surface area contributed by atoms with Crippen LogP contribution >= 0.6 is 0 Å². The molecule has 0 aliphatic rings. The number of amides is 2. The Hall–Kier alpha value is -3.39. The second kappa shape index (κ2) is 8.10. The topological polar surface area (TPSA) is 128 Å². The van der Waals surface area contributed by atoms with E-state index in [1.807, 2.05) is 19.1 Å². The summed E-state index contributed by atoms with van der Waals surface area (Å²) >= 11 is 0. The Morgan fingerprint density at radius 2 is 2.07 bits per heavy atom. The number of aromatic nitrogens is 1. The Labute approximate surface area is 161 Å². The largest absolute Gasteiger partial charge is 0.487 e. The van der Waals surface area contributed by atoms with Crippen molar-refractivity contribution >= 4 is 22.8 Å². The van der Waals surface area contributed by atoms with Crippen molar-refractivity contribution in [2.24, 2.45) is 5.73 Å². The molecule has 3 rings (SSSR count). The van der Waals surface area contributed by atoms with E-state index in [2.05, 4.69) is 10.3 Å². The summed E-state index contributed by atoms with van der Waals surface area (Å²) in [5.41, 5.74) is 7.76. The van der Waals surface area contributed by atoms with E-state index in [0.717, 1.165) is 11.3 Å². The maximum Gasteiger partial charge on any atom is 0.256 e. The van der Waals surface area contributed by atoms with Crippen LogP contribution in [0.5, 0.6) is 5.75 Å². The Morgan fingerprint density at radius 3 is 2.71 bits per heavy atom. The molecule has 1 atom stereocenters. The number of rotatable bonds is 7. The number of pyridine rings is 1. The monoisotopic (exact) mass is 383 g/mol. The third-order valence-corrected chi connectivity index (χ3v) is 4.25. The van der Waals surface area contributed by atoms with Crippen molar-refractivity contribution in [3.63, 3.8) is 0 Å². The minimum Gasteiger partial charge on any atom is -0.487 e. The van der Waals surface area contributed by atoms with E-state index >= 15 is 0 Å². The average molecular weight is 383 g/mol. The number of furan rings is 1. The van der Waals surface area contributed by atoms with Crippen LogP contribution in [0.2, 0.25) is 0 Å². The van der Waals surface area contributed by atoms with Crippen LogP contribution in [0.15, 0.2) is 40.9 Å². The lowest BCUT2D eigenvalue weighted by Gasteiger charge is -2.12. The fraction of sp³-hybridized carbons (Fsp3) is 0.250. The summed E-state index contributed by atoms with van der Waals surface area (Å²) in [6.45, 7) is 3.29. The Balaban J connectivity index is 1.84. The van der Waals surface area contributed by atoms with Gasteiger partial charge in [-0.25, -0.2) is 0 Å². The fourth-order valence-electron chi connectivity index (χ4n) is 2.75. The van der Waals surface area contributed by atoms with E-state index in [4.69, 9.17) is 14.9 Å².